The second-order valence-corrected chi connectivity index (χ2v) is 3.36. The van der Waals surface area contributed by atoms with Crippen LogP contribution in [0, 0.1) is 0 Å². The minimum absolute atomic E-state index is 0.128. The van der Waals surface area contributed by atoms with Gasteiger partial charge >= 0.3 is 0 Å². The Labute approximate surface area is 68.7 Å². The summed E-state index contributed by atoms with van der Waals surface area (Å²) in [6.07, 6.45) is 0.128. The van der Waals surface area contributed by atoms with Gasteiger partial charge in [-0.2, -0.15) is 0 Å². The van der Waals surface area contributed by atoms with E-state index in [1.54, 1.807) is 0 Å². The van der Waals surface area contributed by atoms with Crippen molar-refractivity contribution in [2.45, 2.75) is 12.7 Å². The standard InChI is InChI=1S/C10H6O2/c1-2-5-7-4-11-9-6(3-1)8(5)12-10(7)9/h1-3,9H,4H2. The number of ether oxygens (including phenoxy) is 1. The van der Waals surface area contributed by atoms with Crippen LogP contribution in [0.15, 0.2) is 22.6 Å². The fraction of sp³-hybridized carbons (Fsp3) is 0.200. The Kier molecular flexibility index (Phi) is 0.642. The predicted molar refractivity (Wildman–Crippen MR) is 42.8 cm³/mol. The highest BCUT2D eigenvalue weighted by Gasteiger charge is 2.38. The van der Waals surface area contributed by atoms with Gasteiger partial charge in [0.1, 0.15) is 17.4 Å². The molecule has 12 heavy (non-hydrogen) atoms. The summed E-state index contributed by atoms with van der Waals surface area (Å²) in [6, 6.07) is 6.26. The number of fused-ring (bicyclic) bond motifs is 2. The van der Waals surface area contributed by atoms with E-state index in [1.807, 2.05) is 0 Å². The molecule has 1 aromatic heterocycles. The normalized spacial score (nSPS) is 23.2. The van der Waals surface area contributed by atoms with Gasteiger partial charge in [0.2, 0.25) is 0 Å². The van der Waals surface area contributed by atoms with E-state index in [9.17, 15) is 0 Å². The largest absolute Gasteiger partial charge is 0.457 e. The molecule has 3 heterocycles. The Hall–Kier alpha value is -1.28. The van der Waals surface area contributed by atoms with Gasteiger partial charge in [0, 0.05) is 16.5 Å². The minimum atomic E-state index is 0.128. The van der Waals surface area contributed by atoms with Crippen LogP contribution < -0.4 is 0 Å². The molecule has 4 rings (SSSR count). The molecule has 2 aliphatic rings. The second-order valence-electron chi connectivity index (χ2n) is 3.36. The lowest BCUT2D eigenvalue weighted by Crippen LogP contribution is -1.93. The van der Waals surface area contributed by atoms with Gasteiger partial charge in [-0.1, -0.05) is 18.2 Å². The highest BCUT2D eigenvalue weighted by atomic mass is 16.5. The van der Waals surface area contributed by atoms with E-state index in [2.05, 4.69) is 18.2 Å². The summed E-state index contributed by atoms with van der Waals surface area (Å²) in [4.78, 5) is 0. The maximum Gasteiger partial charge on any atom is 0.145 e. The SMILES string of the molecule is c1cc2c3oc4c(c3c1)COC42. The molecule has 0 saturated carbocycles. The first-order valence-electron chi connectivity index (χ1n) is 4.11. The van der Waals surface area contributed by atoms with E-state index < -0.39 is 0 Å². The summed E-state index contributed by atoms with van der Waals surface area (Å²) >= 11 is 0. The fourth-order valence-corrected chi connectivity index (χ4v) is 2.25. The van der Waals surface area contributed by atoms with E-state index >= 15 is 0 Å². The van der Waals surface area contributed by atoms with Gasteiger partial charge in [0.05, 0.1) is 6.61 Å². The number of rotatable bonds is 0. The number of hydrogen-bond donors (Lipinski definition) is 0. The van der Waals surface area contributed by atoms with Gasteiger partial charge in [-0.15, -0.1) is 0 Å². The van der Waals surface area contributed by atoms with E-state index in [0.29, 0.717) is 0 Å². The van der Waals surface area contributed by atoms with Gasteiger partial charge in [0.25, 0.3) is 0 Å². The van der Waals surface area contributed by atoms with Crippen LogP contribution in [0.5, 0.6) is 0 Å². The van der Waals surface area contributed by atoms with Gasteiger partial charge < -0.3 is 9.15 Å². The second kappa shape index (κ2) is 1.43. The molecule has 2 heteroatoms. The van der Waals surface area contributed by atoms with Crippen molar-refractivity contribution in [3.8, 4) is 0 Å². The molecule has 2 aromatic rings. The monoisotopic (exact) mass is 158 g/mol. The molecule has 1 atom stereocenters. The molecule has 0 amide bonds. The van der Waals surface area contributed by atoms with Crippen LogP contribution in [0.2, 0.25) is 0 Å². The summed E-state index contributed by atoms with van der Waals surface area (Å²) in [5, 5.41) is 1.25. The zero-order valence-electron chi connectivity index (χ0n) is 6.33. The molecule has 2 bridgehead atoms. The Morgan fingerprint density at radius 2 is 2.33 bits per heavy atom. The van der Waals surface area contributed by atoms with Crippen molar-refractivity contribution in [1.82, 2.24) is 0 Å². The summed E-state index contributed by atoms with van der Waals surface area (Å²) in [5.41, 5.74) is 3.52. The first kappa shape index (κ1) is 5.38. The Morgan fingerprint density at radius 3 is 3.33 bits per heavy atom. The van der Waals surface area contributed by atoms with Gasteiger partial charge in [-0.05, 0) is 0 Å². The number of benzene rings is 1. The third kappa shape index (κ3) is 0.365. The fourth-order valence-electron chi connectivity index (χ4n) is 2.25. The molecule has 58 valence electrons. The number of hydrogen-bond acceptors (Lipinski definition) is 2. The lowest BCUT2D eigenvalue weighted by molar-refractivity contribution is 0.0919. The first-order chi connectivity index (χ1) is 5.95. The molecule has 1 aromatic carbocycles. The summed E-state index contributed by atoms with van der Waals surface area (Å²) < 4.78 is 11.2. The van der Waals surface area contributed by atoms with Crippen molar-refractivity contribution in [1.29, 1.82) is 0 Å². The molecule has 0 fully saturated rings. The third-order valence-corrected chi connectivity index (χ3v) is 2.79. The molecule has 1 unspecified atom stereocenters. The van der Waals surface area contributed by atoms with Crippen LogP contribution in [-0.2, 0) is 11.3 Å². The summed E-state index contributed by atoms with van der Waals surface area (Å²) in [6.45, 7) is 0.723. The van der Waals surface area contributed by atoms with Crippen LogP contribution in [0.3, 0.4) is 0 Å². The highest BCUT2D eigenvalue weighted by Crippen LogP contribution is 2.49. The zero-order chi connectivity index (χ0) is 7.71. The van der Waals surface area contributed by atoms with E-state index in [0.717, 1.165) is 18.0 Å². The molecule has 2 nitrogen and oxygen atoms in total. The molecule has 2 aliphatic heterocycles. The lowest BCUT2D eigenvalue weighted by Gasteiger charge is -2.03. The maximum absolute atomic E-state index is 5.64. The van der Waals surface area contributed by atoms with Crippen LogP contribution in [0.4, 0.5) is 0 Å². The van der Waals surface area contributed by atoms with Crippen LogP contribution in [0.1, 0.15) is 23.0 Å². The van der Waals surface area contributed by atoms with Crippen LogP contribution in [-0.4, -0.2) is 0 Å². The molecule has 0 radical (unpaired) electrons. The summed E-state index contributed by atoms with van der Waals surface area (Å²) in [5.74, 6) is 1.05. The number of furan rings is 1. The van der Waals surface area contributed by atoms with Crippen LogP contribution in [0.25, 0.3) is 11.0 Å². The Balaban J connectivity index is 2.40. The average Bonchev–Trinajstić information content (AvgIpc) is 2.69. The Morgan fingerprint density at radius 1 is 1.33 bits per heavy atom. The highest BCUT2D eigenvalue weighted by molar-refractivity contribution is 5.89. The molecule has 0 aliphatic carbocycles. The lowest BCUT2D eigenvalue weighted by atomic mass is 9.99. The van der Waals surface area contributed by atoms with Crippen molar-refractivity contribution in [3.63, 3.8) is 0 Å². The van der Waals surface area contributed by atoms with Crippen molar-refractivity contribution in [2.75, 3.05) is 0 Å². The molecular formula is C10H6O2. The third-order valence-electron chi connectivity index (χ3n) is 2.79. The molecule has 0 N–H and O–H groups in total. The average molecular weight is 158 g/mol. The van der Waals surface area contributed by atoms with E-state index in [1.165, 1.54) is 16.5 Å². The topological polar surface area (TPSA) is 22.4 Å². The predicted octanol–water partition coefficient (Wildman–Crippen LogP) is 2.37. The van der Waals surface area contributed by atoms with Gasteiger partial charge in [-0.25, -0.2) is 0 Å². The summed E-state index contributed by atoms with van der Waals surface area (Å²) in [7, 11) is 0. The molecular weight excluding hydrogens is 152 g/mol. The van der Waals surface area contributed by atoms with Crippen molar-refractivity contribution in [3.05, 3.63) is 35.1 Å². The van der Waals surface area contributed by atoms with Crippen molar-refractivity contribution < 1.29 is 9.15 Å². The van der Waals surface area contributed by atoms with E-state index in [4.69, 9.17) is 9.15 Å². The number of para-hydroxylation sites is 1. The molecule has 0 spiro atoms. The maximum atomic E-state index is 5.64. The van der Waals surface area contributed by atoms with Gasteiger partial charge in [-0.3, -0.25) is 0 Å². The smallest absolute Gasteiger partial charge is 0.145 e. The van der Waals surface area contributed by atoms with E-state index in [-0.39, 0.29) is 6.10 Å². The Bertz CT molecular complexity index is 496. The molecule has 0 saturated heterocycles. The minimum Gasteiger partial charge on any atom is -0.457 e. The zero-order valence-corrected chi connectivity index (χ0v) is 6.33. The first-order valence-corrected chi connectivity index (χ1v) is 4.11. The quantitative estimate of drug-likeness (QED) is 0.587. The van der Waals surface area contributed by atoms with Crippen molar-refractivity contribution >= 4 is 11.0 Å². The van der Waals surface area contributed by atoms with Crippen LogP contribution >= 0.6 is 0 Å². The van der Waals surface area contributed by atoms with Gasteiger partial charge in [0.15, 0.2) is 0 Å². The van der Waals surface area contributed by atoms with Crippen molar-refractivity contribution in [2.24, 2.45) is 0 Å².